The summed E-state index contributed by atoms with van der Waals surface area (Å²) in [5, 5.41) is 0. The van der Waals surface area contributed by atoms with Gasteiger partial charge in [-0.2, -0.15) is 12.6 Å². The minimum Gasteiger partial charge on any atom is -0.303 e. The molecule has 0 N–H and O–H groups in total. The topological polar surface area (TPSA) is 3.24 Å². The molecule has 0 aromatic rings. The second-order valence-corrected chi connectivity index (χ2v) is 4.45. The first-order valence-electron chi connectivity index (χ1n) is 6.11. The summed E-state index contributed by atoms with van der Waals surface area (Å²) in [6.07, 6.45) is 5.25. The Balaban J connectivity index is 3.75. The third-order valence-corrected chi connectivity index (χ3v) is 3.26. The van der Waals surface area contributed by atoms with E-state index < -0.39 is 0 Å². The monoisotopic (exact) mass is 217 g/mol. The third-order valence-electron chi connectivity index (χ3n) is 2.75. The van der Waals surface area contributed by atoms with Gasteiger partial charge in [-0.15, -0.1) is 0 Å². The fourth-order valence-corrected chi connectivity index (χ4v) is 2.07. The minimum absolute atomic E-state index is 0.792. The molecule has 0 saturated carbocycles. The summed E-state index contributed by atoms with van der Waals surface area (Å²) in [6, 6.07) is 0. The number of hydrogen-bond donors (Lipinski definition) is 1. The molecule has 0 amide bonds. The molecule has 0 aromatic heterocycles. The van der Waals surface area contributed by atoms with Crippen LogP contribution in [0.4, 0.5) is 0 Å². The SMILES string of the molecule is CCCCN(CC)CC(CS)CCC. The van der Waals surface area contributed by atoms with Crippen molar-refractivity contribution in [3.63, 3.8) is 0 Å². The molecule has 86 valence electrons. The van der Waals surface area contributed by atoms with E-state index in [-0.39, 0.29) is 0 Å². The molecule has 1 nitrogen and oxygen atoms in total. The van der Waals surface area contributed by atoms with E-state index in [9.17, 15) is 0 Å². The molecule has 0 fully saturated rings. The molecule has 0 aliphatic heterocycles. The lowest BCUT2D eigenvalue weighted by Crippen LogP contribution is -2.31. The van der Waals surface area contributed by atoms with Gasteiger partial charge in [-0.25, -0.2) is 0 Å². The number of thiol groups is 1. The van der Waals surface area contributed by atoms with Crippen molar-refractivity contribution in [2.24, 2.45) is 5.92 Å². The van der Waals surface area contributed by atoms with Gasteiger partial charge in [0.15, 0.2) is 0 Å². The van der Waals surface area contributed by atoms with Crippen LogP contribution in [0.2, 0.25) is 0 Å². The van der Waals surface area contributed by atoms with Gasteiger partial charge in [-0.1, -0.05) is 33.6 Å². The van der Waals surface area contributed by atoms with E-state index >= 15 is 0 Å². The molecule has 0 rings (SSSR count). The van der Waals surface area contributed by atoms with E-state index in [0.717, 1.165) is 11.7 Å². The zero-order valence-corrected chi connectivity index (χ0v) is 11.0. The molecule has 0 aromatic carbocycles. The van der Waals surface area contributed by atoms with Crippen molar-refractivity contribution in [2.45, 2.75) is 46.5 Å². The number of nitrogens with zero attached hydrogens (tertiary/aromatic N) is 1. The first-order valence-corrected chi connectivity index (χ1v) is 6.74. The van der Waals surface area contributed by atoms with Crippen LogP contribution >= 0.6 is 12.6 Å². The average molecular weight is 217 g/mol. The van der Waals surface area contributed by atoms with Crippen molar-refractivity contribution in [3.8, 4) is 0 Å². The second kappa shape index (κ2) is 9.85. The fraction of sp³-hybridized carbons (Fsp3) is 1.00. The van der Waals surface area contributed by atoms with Crippen LogP contribution in [0.5, 0.6) is 0 Å². The molecule has 0 saturated heterocycles. The largest absolute Gasteiger partial charge is 0.303 e. The van der Waals surface area contributed by atoms with Crippen molar-refractivity contribution in [1.82, 2.24) is 4.90 Å². The van der Waals surface area contributed by atoms with E-state index in [1.165, 1.54) is 45.3 Å². The number of rotatable bonds is 9. The molecule has 0 spiro atoms. The summed E-state index contributed by atoms with van der Waals surface area (Å²) in [4.78, 5) is 2.57. The molecular weight excluding hydrogens is 190 g/mol. The van der Waals surface area contributed by atoms with Crippen molar-refractivity contribution >= 4 is 12.6 Å². The van der Waals surface area contributed by atoms with Crippen LogP contribution in [0.15, 0.2) is 0 Å². The van der Waals surface area contributed by atoms with E-state index in [1.54, 1.807) is 0 Å². The van der Waals surface area contributed by atoms with Crippen molar-refractivity contribution in [1.29, 1.82) is 0 Å². The second-order valence-electron chi connectivity index (χ2n) is 4.08. The first kappa shape index (κ1) is 14.3. The highest BCUT2D eigenvalue weighted by atomic mass is 32.1. The van der Waals surface area contributed by atoms with Crippen LogP contribution < -0.4 is 0 Å². The van der Waals surface area contributed by atoms with E-state index in [4.69, 9.17) is 0 Å². The van der Waals surface area contributed by atoms with Gasteiger partial charge in [0.25, 0.3) is 0 Å². The highest BCUT2D eigenvalue weighted by molar-refractivity contribution is 7.80. The van der Waals surface area contributed by atoms with E-state index in [2.05, 4.69) is 38.3 Å². The highest BCUT2D eigenvalue weighted by Crippen LogP contribution is 2.11. The van der Waals surface area contributed by atoms with Crippen LogP contribution in [0, 0.1) is 5.92 Å². The van der Waals surface area contributed by atoms with Crippen LogP contribution in [0.3, 0.4) is 0 Å². The maximum Gasteiger partial charge on any atom is 0.00173 e. The van der Waals surface area contributed by atoms with Crippen molar-refractivity contribution in [2.75, 3.05) is 25.4 Å². The summed E-state index contributed by atoms with van der Waals surface area (Å²) in [6.45, 7) is 10.5. The normalized spacial score (nSPS) is 13.5. The van der Waals surface area contributed by atoms with Crippen LogP contribution in [-0.2, 0) is 0 Å². The van der Waals surface area contributed by atoms with Crippen molar-refractivity contribution < 1.29 is 0 Å². The van der Waals surface area contributed by atoms with Gasteiger partial charge in [0.05, 0.1) is 0 Å². The van der Waals surface area contributed by atoms with Gasteiger partial charge in [0.1, 0.15) is 0 Å². The summed E-state index contributed by atoms with van der Waals surface area (Å²) in [5.41, 5.74) is 0. The van der Waals surface area contributed by atoms with Crippen LogP contribution in [0.25, 0.3) is 0 Å². The lowest BCUT2D eigenvalue weighted by Gasteiger charge is -2.25. The zero-order chi connectivity index (χ0) is 10.8. The Bertz CT molecular complexity index is 117. The molecule has 14 heavy (non-hydrogen) atoms. The number of unbranched alkanes of at least 4 members (excludes halogenated alkanes) is 1. The Hall–Kier alpha value is 0.310. The Morgan fingerprint density at radius 2 is 1.86 bits per heavy atom. The summed E-state index contributed by atoms with van der Waals surface area (Å²) in [5.74, 6) is 1.83. The Morgan fingerprint density at radius 3 is 2.29 bits per heavy atom. The maximum absolute atomic E-state index is 4.43. The molecule has 0 bridgehead atoms. The molecule has 0 radical (unpaired) electrons. The van der Waals surface area contributed by atoms with E-state index in [0.29, 0.717) is 0 Å². The Labute approximate surface area is 95.7 Å². The quantitative estimate of drug-likeness (QED) is 0.579. The standard InChI is InChI=1S/C12H27NS/c1-4-7-9-13(6-3)10-12(11-14)8-5-2/h12,14H,4-11H2,1-3H3. The first-order chi connectivity index (χ1) is 6.78. The lowest BCUT2D eigenvalue weighted by atomic mass is 10.1. The molecule has 2 heteroatoms. The summed E-state index contributed by atoms with van der Waals surface area (Å²) >= 11 is 4.43. The van der Waals surface area contributed by atoms with Gasteiger partial charge >= 0.3 is 0 Å². The minimum atomic E-state index is 0.792. The van der Waals surface area contributed by atoms with E-state index in [1.807, 2.05) is 0 Å². The zero-order valence-electron chi connectivity index (χ0n) is 10.1. The molecule has 0 aliphatic rings. The summed E-state index contributed by atoms with van der Waals surface area (Å²) < 4.78 is 0. The van der Waals surface area contributed by atoms with Gasteiger partial charge in [0, 0.05) is 6.54 Å². The van der Waals surface area contributed by atoms with Crippen molar-refractivity contribution in [3.05, 3.63) is 0 Å². The predicted octanol–water partition coefficient (Wildman–Crippen LogP) is 3.45. The van der Waals surface area contributed by atoms with Gasteiger partial charge < -0.3 is 4.90 Å². The molecule has 0 aliphatic carbocycles. The number of hydrogen-bond acceptors (Lipinski definition) is 2. The lowest BCUT2D eigenvalue weighted by molar-refractivity contribution is 0.241. The predicted molar refractivity (Wildman–Crippen MR) is 69.3 cm³/mol. The molecule has 0 heterocycles. The molecular formula is C12H27NS. The smallest absolute Gasteiger partial charge is 0.00173 e. The molecule has 1 unspecified atom stereocenters. The Morgan fingerprint density at radius 1 is 1.14 bits per heavy atom. The highest BCUT2D eigenvalue weighted by Gasteiger charge is 2.10. The van der Waals surface area contributed by atoms with Crippen LogP contribution in [0.1, 0.15) is 46.5 Å². The third kappa shape index (κ3) is 6.72. The average Bonchev–Trinajstić information content (AvgIpc) is 2.22. The van der Waals surface area contributed by atoms with Gasteiger partial charge in [-0.3, -0.25) is 0 Å². The van der Waals surface area contributed by atoms with Gasteiger partial charge in [-0.05, 0) is 37.6 Å². The maximum atomic E-state index is 4.43. The Kier molecular flexibility index (Phi) is 10.1. The fourth-order valence-electron chi connectivity index (χ4n) is 1.77. The molecule has 1 atom stereocenters. The summed E-state index contributed by atoms with van der Waals surface area (Å²) in [7, 11) is 0. The van der Waals surface area contributed by atoms with Crippen LogP contribution in [-0.4, -0.2) is 30.3 Å². The van der Waals surface area contributed by atoms with Gasteiger partial charge in [0.2, 0.25) is 0 Å².